The lowest BCUT2D eigenvalue weighted by Gasteiger charge is -2.10. The number of aromatic nitrogens is 2. The van der Waals surface area contributed by atoms with Crippen LogP contribution in [0.3, 0.4) is 0 Å². The van der Waals surface area contributed by atoms with Crippen molar-refractivity contribution >= 4 is 23.2 Å². The SMILES string of the molecule is Cc1ccc(Cl)cc1NC(=O)CCc1c(C)nn(CC(C)C)c1C. The number of carbonyl (C=O) groups is 1. The first-order valence-electron chi connectivity index (χ1n) is 8.36. The number of halogens is 1. The van der Waals surface area contributed by atoms with Crippen molar-refractivity contribution in [1.29, 1.82) is 0 Å². The van der Waals surface area contributed by atoms with Crippen molar-refractivity contribution in [3.05, 3.63) is 45.7 Å². The van der Waals surface area contributed by atoms with Gasteiger partial charge in [0.25, 0.3) is 0 Å². The highest BCUT2D eigenvalue weighted by Gasteiger charge is 2.14. The van der Waals surface area contributed by atoms with Crippen LogP contribution in [-0.4, -0.2) is 15.7 Å². The molecule has 0 bridgehead atoms. The smallest absolute Gasteiger partial charge is 0.224 e. The van der Waals surface area contributed by atoms with E-state index in [0.29, 0.717) is 23.8 Å². The average molecular weight is 348 g/mol. The van der Waals surface area contributed by atoms with Gasteiger partial charge in [0.05, 0.1) is 5.69 Å². The first kappa shape index (κ1) is 18.5. The van der Waals surface area contributed by atoms with Crippen molar-refractivity contribution in [2.24, 2.45) is 5.92 Å². The van der Waals surface area contributed by atoms with Crippen molar-refractivity contribution in [1.82, 2.24) is 9.78 Å². The summed E-state index contributed by atoms with van der Waals surface area (Å²) in [5.41, 5.74) is 5.13. The molecule has 0 aliphatic carbocycles. The number of anilines is 1. The van der Waals surface area contributed by atoms with Crippen LogP contribution >= 0.6 is 11.6 Å². The van der Waals surface area contributed by atoms with E-state index in [1.807, 2.05) is 30.7 Å². The molecule has 1 N–H and O–H groups in total. The molecule has 0 spiro atoms. The number of hydrogen-bond acceptors (Lipinski definition) is 2. The Balaban J connectivity index is 2.01. The molecule has 5 heteroatoms. The summed E-state index contributed by atoms with van der Waals surface area (Å²) in [5.74, 6) is 0.542. The van der Waals surface area contributed by atoms with Crippen LogP contribution in [0.4, 0.5) is 5.69 Å². The van der Waals surface area contributed by atoms with Gasteiger partial charge in [0, 0.05) is 29.4 Å². The quantitative estimate of drug-likeness (QED) is 0.824. The Kier molecular flexibility index (Phi) is 6.05. The highest BCUT2D eigenvalue weighted by atomic mass is 35.5. The van der Waals surface area contributed by atoms with Gasteiger partial charge in [-0.3, -0.25) is 9.48 Å². The summed E-state index contributed by atoms with van der Waals surface area (Å²) in [6, 6.07) is 5.51. The van der Waals surface area contributed by atoms with Gasteiger partial charge in [-0.2, -0.15) is 5.10 Å². The van der Waals surface area contributed by atoms with Crippen molar-refractivity contribution in [2.45, 2.75) is 54.0 Å². The minimum absolute atomic E-state index is 0.00391. The van der Waals surface area contributed by atoms with E-state index < -0.39 is 0 Å². The number of benzene rings is 1. The minimum atomic E-state index is -0.00391. The van der Waals surface area contributed by atoms with Gasteiger partial charge in [-0.15, -0.1) is 0 Å². The van der Waals surface area contributed by atoms with Crippen LogP contribution in [0.1, 0.15) is 42.8 Å². The molecule has 1 aromatic carbocycles. The molecule has 0 radical (unpaired) electrons. The van der Waals surface area contributed by atoms with E-state index in [0.717, 1.165) is 29.2 Å². The Morgan fingerprint density at radius 1 is 1.29 bits per heavy atom. The maximum absolute atomic E-state index is 12.3. The maximum atomic E-state index is 12.3. The summed E-state index contributed by atoms with van der Waals surface area (Å²) in [6.07, 6.45) is 1.13. The molecule has 0 unspecified atom stereocenters. The fourth-order valence-electron chi connectivity index (χ4n) is 2.80. The number of nitrogens with one attached hydrogen (secondary N) is 1. The van der Waals surface area contributed by atoms with Gasteiger partial charge in [0.1, 0.15) is 0 Å². The molecule has 1 amide bonds. The zero-order chi connectivity index (χ0) is 17.9. The summed E-state index contributed by atoms with van der Waals surface area (Å²) in [5, 5.41) is 8.18. The summed E-state index contributed by atoms with van der Waals surface area (Å²) in [7, 11) is 0. The van der Waals surface area contributed by atoms with Crippen molar-refractivity contribution in [3.63, 3.8) is 0 Å². The van der Waals surface area contributed by atoms with E-state index in [1.165, 1.54) is 5.56 Å². The molecule has 0 saturated carbocycles. The van der Waals surface area contributed by atoms with Crippen molar-refractivity contribution in [2.75, 3.05) is 5.32 Å². The predicted octanol–water partition coefficient (Wildman–Crippen LogP) is 4.69. The second-order valence-electron chi connectivity index (χ2n) is 6.73. The fraction of sp³-hybridized carbons (Fsp3) is 0.474. The molecule has 24 heavy (non-hydrogen) atoms. The lowest BCUT2D eigenvalue weighted by Crippen LogP contribution is -2.13. The third kappa shape index (κ3) is 4.60. The lowest BCUT2D eigenvalue weighted by molar-refractivity contribution is -0.116. The van der Waals surface area contributed by atoms with Gasteiger partial charge >= 0.3 is 0 Å². The van der Waals surface area contributed by atoms with Crippen LogP contribution in [-0.2, 0) is 17.8 Å². The predicted molar refractivity (Wildman–Crippen MR) is 99.7 cm³/mol. The highest BCUT2D eigenvalue weighted by molar-refractivity contribution is 6.31. The molecule has 0 atom stereocenters. The lowest BCUT2D eigenvalue weighted by atomic mass is 10.1. The summed E-state index contributed by atoms with van der Waals surface area (Å²) in [6.45, 7) is 11.3. The van der Waals surface area contributed by atoms with Crippen LogP contribution in [0.25, 0.3) is 0 Å². The second-order valence-corrected chi connectivity index (χ2v) is 7.17. The number of carbonyl (C=O) groups excluding carboxylic acids is 1. The molecule has 0 aliphatic heterocycles. The third-order valence-corrected chi connectivity index (χ3v) is 4.38. The van der Waals surface area contributed by atoms with E-state index in [-0.39, 0.29) is 5.91 Å². The largest absolute Gasteiger partial charge is 0.326 e. The Hall–Kier alpha value is -1.81. The molecule has 4 nitrogen and oxygen atoms in total. The van der Waals surface area contributed by atoms with Crippen LogP contribution in [0.2, 0.25) is 5.02 Å². The first-order chi connectivity index (χ1) is 11.3. The molecule has 130 valence electrons. The first-order valence-corrected chi connectivity index (χ1v) is 8.74. The van der Waals surface area contributed by atoms with E-state index in [9.17, 15) is 4.79 Å². The van der Waals surface area contributed by atoms with E-state index in [1.54, 1.807) is 6.07 Å². The summed E-state index contributed by atoms with van der Waals surface area (Å²) >= 11 is 6.00. The molecule has 0 saturated heterocycles. The Morgan fingerprint density at radius 2 is 2.00 bits per heavy atom. The van der Waals surface area contributed by atoms with Crippen LogP contribution in [0, 0.1) is 26.7 Å². The van der Waals surface area contributed by atoms with E-state index in [2.05, 4.69) is 31.2 Å². The maximum Gasteiger partial charge on any atom is 0.224 e. The fourth-order valence-corrected chi connectivity index (χ4v) is 2.97. The Bertz CT molecular complexity index is 734. The van der Waals surface area contributed by atoms with Crippen molar-refractivity contribution in [3.8, 4) is 0 Å². The Morgan fingerprint density at radius 3 is 2.67 bits per heavy atom. The number of rotatable bonds is 6. The third-order valence-electron chi connectivity index (χ3n) is 4.15. The zero-order valence-electron chi connectivity index (χ0n) is 15.1. The molecular weight excluding hydrogens is 322 g/mol. The highest BCUT2D eigenvalue weighted by Crippen LogP contribution is 2.21. The van der Waals surface area contributed by atoms with Crippen LogP contribution in [0.15, 0.2) is 18.2 Å². The zero-order valence-corrected chi connectivity index (χ0v) is 15.9. The second kappa shape index (κ2) is 7.84. The number of hydrogen-bond donors (Lipinski definition) is 1. The molecule has 0 fully saturated rings. The van der Waals surface area contributed by atoms with Gasteiger partial charge < -0.3 is 5.32 Å². The van der Waals surface area contributed by atoms with Gasteiger partial charge in [0.15, 0.2) is 0 Å². The topological polar surface area (TPSA) is 46.9 Å². The van der Waals surface area contributed by atoms with Crippen molar-refractivity contribution < 1.29 is 4.79 Å². The average Bonchev–Trinajstić information content (AvgIpc) is 2.74. The van der Waals surface area contributed by atoms with E-state index in [4.69, 9.17) is 11.6 Å². The Labute approximate surface area is 149 Å². The van der Waals surface area contributed by atoms with Crippen LogP contribution < -0.4 is 5.32 Å². The summed E-state index contributed by atoms with van der Waals surface area (Å²) in [4.78, 5) is 12.3. The van der Waals surface area contributed by atoms with Crippen LogP contribution in [0.5, 0.6) is 0 Å². The number of amides is 1. The molecule has 1 aromatic heterocycles. The molecular formula is C19H26ClN3O. The number of nitrogens with zero attached hydrogens (tertiary/aromatic N) is 2. The van der Waals surface area contributed by atoms with Gasteiger partial charge in [0.2, 0.25) is 5.91 Å². The molecule has 2 rings (SSSR count). The monoisotopic (exact) mass is 347 g/mol. The molecule has 1 heterocycles. The van der Waals surface area contributed by atoms with Gasteiger partial charge in [-0.1, -0.05) is 31.5 Å². The normalized spacial score (nSPS) is 11.1. The standard InChI is InChI=1S/C19H26ClN3O/c1-12(2)11-23-15(5)17(14(4)22-23)8-9-19(24)21-18-10-16(20)7-6-13(18)3/h6-7,10,12H,8-9,11H2,1-5H3,(H,21,24). The number of aryl methyl sites for hydroxylation is 2. The van der Waals surface area contributed by atoms with Gasteiger partial charge in [-0.05, 0) is 56.4 Å². The minimum Gasteiger partial charge on any atom is -0.326 e. The van der Waals surface area contributed by atoms with Gasteiger partial charge in [-0.25, -0.2) is 0 Å². The summed E-state index contributed by atoms with van der Waals surface area (Å²) < 4.78 is 2.05. The molecule has 2 aromatic rings. The molecule has 0 aliphatic rings. The van der Waals surface area contributed by atoms with E-state index >= 15 is 0 Å².